The standard InChI is InChI=1S/C30H32FN3O4.C2H4.CH4/c1-3-6-26-29(36)34(16-15-33(26)28(35)25(32)18-20-10-13-24(31)14-11-20)27(30(37)38-2)19-21-9-12-22-7-4-5-8-23(22)17-21;1-2;/h3-5,7-14,17,25-27H,1,6,15-16,18-19,32H2,2H3;1-2H2;1H4. The number of nitrogens with two attached hydrogens (primary N) is 1. The van der Waals surface area contributed by atoms with E-state index < -0.39 is 24.1 Å². The molecule has 3 atom stereocenters. The van der Waals surface area contributed by atoms with Crippen molar-refractivity contribution in [1.82, 2.24) is 9.80 Å². The molecule has 1 aliphatic heterocycles. The van der Waals surface area contributed by atoms with E-state index in [2.05, 4.69) is 19.7 Å². The van der Waals surface area contributed by atoms with E-state index in [1.807, 2.05) is 42.5 Å². The van der Waals surface area contributed by atoms with E-state index in [0.717, 1.165) is 21.9 Å². The Kier molecular flexibility index (Phi) is 12.4. The predicted octanol–water partition coefficient (Wildman–Crippen LogP) is 4.69. The van der Waals surface area contributed by atoms with E-state index >= 15 is 0 Å². The van der Waals surface area contributed by atoms with Crippen LogP contribution in [0.3, 0.4) is 0 Å². The first kappa shape index (κ1) is 32.9. The molecular weight excluding hydrogens is 521 g/mol. The summed E-state index contributed by atoms with van der Waals surface area (Å²) < 4.78 is 18.3. The molecule has 0 spiro atoms. The second kappa shape index (κ2) is 15.5. The highest BCUT2D eigenvalue weighted by atomic mass is 19.1. The molecular formula is C33H40FN3O4. The van der Waals surface area contributed by atoms with Gasteiger partial charge in [0, 0.05) is 19.5 Å². The number of halogens is 1. The van der Waals surface area contributed by atoms with Crippen LogP contribution in [0.4, 0.5) is 4.39 Å². The number of carbonyl (C=O) groups excluding carboxylic acids is 3. The second-order valence-electron chi connectivity index (χ2n) is 9.47. The molecule has 3 aromatic rings. The minimum Gasteiger partial charge on any atom is -0.467 e. The Morgan fingerprint density at radius 1 is 1.02 bits per heavy atom. The van der Waals surface area contributed by atoms with E-state index in [1.54, 1.807) is 18.2 Å². The van der Waals surface area contributed by atoms with Gasteiger partial charge in [-0.2, -0.15) is 0 Å². The van der Waals surface area contributed by atoms with Crippen LogP contribution in [0.25, 0.3) is 10.8 Å². The van der Waals surface area contributed by atoms with Gasteiger partial charge < -0.3 is 20.3 Å². The van der Waals surface area contributed by atoms with Crippen LogP contribution in [0, 0.1) is 5.82 Å². The van der Waals surface area contributed by atoms with Crippen molar-refractivity contribution in [3.05, 3.63) is 109 Å². The van der Waals surface area contributed by atoms with Crippen LogP contribution in [0.5, 0.6) is 0 Å². The fourth-order valence-corrected chi connectivity index (χ4v) is 4.99. The van der Waals surface area contributed by atoms with Crippen molar-refractivity contribution < 1.29 is 23.5 Å². The normalized spacial score (nSPS) is 16.1. The van der Waals surface area contributed by atoms with Gasteiger partial charge in [0.2, 0.25) is 11.8 Å². The topological polar surface area (TPSA) is 92.9 Å². The van der Waals surface area contributed by atoms with Gasteiger partial charge in [-0.1, -0.05) is 68.1 Å². The zero-order valence-corrected chi connectivity index (χ0v) is 22.8. The first-order valence-electron chi connectivity index (χ1n) is 13.1. The molecule has 4 rings (SSSR count). The van der Waals surface area contributed by atoms with Gasteiger partial charge >= 0.3 is 5.97 Å². The van der Waals surface area contributed by atoms with Crippen LogP contribution in [0.15, 0.2) is 92.5 Å². The fraction of sp³-hybridized carbons (Fsp3) is 0.303. The van der Waals surface area contributed by atoms with Gasteiger partial charge in [-0.3, -0.25) is 9.59 Å². The van der Waals surface area contributed by atoms with E-state index in [9.17, 15) is 18.8 Å². The Morgan fingerprint density at radius 3 is 2.29 bits per heavy atom. The summed E-state index contributed by atoms with van der Waals surface area (Å²) in [6, 6.07) is 17.1. The molecule has 218 valence electrons. The lowest BCUT2D eigenvalue weighted by Crippen LogP contribution is -2.64. The number of benzene rings is 3. The second-order valence-corrected chi connectivity index (χ2v) is 9.47. The molecule has 41 heavy (non-hydrogen) atoms. The molecule has 0 saturated carbocycles. The highest BCUT2D eigenvalue weighted by Crippen LogP contribution is 2.23. The highest BCUT2D eigenvalue weighted by molar-refractivity contribution is 5.93. The Labute approximate surface area is 242 Å². The maximum atomic E-state index is 13.7. The largest absolute Gasteiger partial charge is 0.467 e. The summed E-state index contributed by atoms with van der Waals surface area (Å²) in [7, 11) is 1.30. The van der Waals surface area contributed by atoms with Crippen LogP contribution in [-0.4, -0.2) is 65.9 Å². The van der Waals surface area contributed by atoms with Gasteiger partial charge in [0.15, 0.2) is 0 Å². The lowest BCUT2D eigenvalue weighted by atomic mass is 9.97. The van der Waals surface area contributed by atoms with E-state index in [0.29, 0.717) is 0 Å². The molecule has 2 amide bonds. The van der Waals surface area contributed by atoms with Crippen molar-refractivity contribution in [2.24, 2.45) is 5.73 Å². The number of piperazine rings is 1. The lowest BCUT2D eigenvalue weighted by molar-refractivity contribution is -0.161. The number of esters is 1. The smallest absolute Gasteiger partial charge is 0.328 e. The van der Waals surface area contributed by atoms with Crippen molar-refractivity contribution in [2.75, 3.05) is 20.2 Å². The van der Waals surface area contributed by atoms with Crippen LogP contribution < -0.4 is 5.73 Å². The summed E-state index contributed by atoms with van der Waals surface area (Å²) in [4.78, 5) is 42.9. The Morgan fingerprint density at radius 2 is 1.66 bits per heavy atom. The third-order valence-corrected chi connectivity index (χ3v) is 6.98. The fourth-order valence-electron chi connectivity index (χ4n) is 4.99. The Balaban J connectivity index is 0.00000192. The number of hydrogen-bond donors (Lipinski definition) is 1. The van der Waals surface area contributed by atoms with E-state index in [1.165, 1.54) is 29.0 Å². The van der Waals surface area contributed by atoms with Crippen molar-refractivity contribution in [3.63, 3.8) is 0 Å². The minimum absolute atomic E-state index is 0. The maximum absolute atomic E-state index is 13.7. The Bertz CT molecular complexity index is 1340. The van der Waals surface area contributed by atoms with Crippen molar-refractivity contribution in [1.29, 1.82) is 0 Å². The number of rotatable bonds is 9. The van der Waals surface area contributed by atoms with Gasteiger partial charge in [0.25, 0.3) is 0 Å². The number of ether oxygens (including phenoxy) is 1. The van der Waals surface area contributed by atoms with Crippen LogP contribution >= 0.6 is 0 Å². The van der Waals surface area contributed by atoms with Crippen LogP contribution in [0.2, 0.25) is 0 Å². The molecule has 0 bridgehead atoms. The van der Waals surface area contributed by atoms with Gasteiger partial charge in [-0.05, 0) is 46.9 Å². The third-order valence-electron chi connectivity index (χ3n) is 6.98. The molecule has 3 aromatic carbocycles. The molecule has 0 radical (unpaired) electrons. The van der Waals surface area contributed by atoms with Gasteiger partial charge in [-0.25, -0.2) is 9.18 Å². The van der Waals surface area contributed by atoms with Crippen molar-refractivity contribution in [3.8, 4) is 0 Å². The van der Waals surface area contributed by atoms with E-state index in [-0.39, 0.29) is 57.4 Å². The molecule has 3 unspecified atom stereocenters. The summed E-state index contributed by atoms with van der Waals surface area (Å²) in [5.74, 6) is -1.62. The molecule has 7 nitrogen and oxygen atoms in total. The third kappa shape index (κ3) is 7.89. The lowest BCUT2D eigenvalue weighted by Gasteiger charge is -2.43. The van der Waals surface area contributed by atoms with Crippen molar-refractivity contribution >= 4 is 28.6 Å². The molecule has 1 aliphatic rings. The molecule has 0 aliphatic carbocycles. The van der Waals surface area contributed by atoms with E-state index in [4.69, 9.17) is 10.5 Å². The highest BCUT2D eigenvalue weighted by Gasteiger charge is 2.42. The zero-order chi connectivity index (χ0) is 29.2. The molecule has 2 N–H and O–H groups in total. The van der Waals surface area contributed by atoms with Gasteiger partial charge in [0.1, 0.15) is 17.9 Å². The predicted molar refractivity (Wildman–Crippen MR) is 162 cm³/mol. The SMILES string of the molecule is C.C=C.C=CCC1C(=O)N(C(Cc2ccc3ccccc3c2)C(=O)OC)CCN1C(=O)C(N)Cc1ccc(F)cc1. The first-order valence-corrected chi connectivity index (χ1v) is 13.1. The molecule has 1 fully saturated rings. The summed E-state index contributed by atoms with van der Waals surface area (Å²) in [5, 5.41) is 2.12. The molecule has 1 heterocycles. The summed E-state index contributed by atoms with van der Waals surface area (Å²) in [5.41, 5.74) is 7.84. The zero-order valence-electron chi connectivity index (χ0n) is 22.8. The van der Waals surface area contributed by atoms with Gasteiger partial charge in [0.05, 0.1) is 13.2 Å². The number of hydrogen-bond acceptors (Lipinski definition) is 5. The number of fused-ring (bicyclic) bond motifs is 1. The molecule has 8 heteroatoms. The van der Waals surface area contributed by atoms with Crippen LogP contribution in [-0.2, 0) is 32.0 Å². The van der Waals surface area contributed by atoms with Crippen LogP contribution in [0.1, 0.15) is 25.0 Å². The minimum atomic E-state index is -0.902. The van der Waals surface area contributed by atoms with Crippen molar-refractivity contribution in [2.45, 2.75) is 44.8 Å². The average molecular weight is 562 g/mol. The maximum Gasteiger partial charge on any atom is 0.328 e. The number of carbonyl (C=O) groups is 3. The number of methoxy groups -OCH3 is 1. The first-order chi connectivity index (χ1) is 19.3. The molecule has 0 aromatic heterocycles. The monoisotopic (exact) mass is 561 g/mol. The Hall–Kier alpha value is -4.30. The summed E-state index contributed by atoms with van der Waals surface area (Å²) in [6.07, 6.45) is 2.28. The number of nitrogens with zero attached hydrogens (tertiary/aromatic N) is 2. The quantitative estimate of drug-likeness (QED) is 0.302. The summed E-state index contributed by atoms with van der Waals surface area (Å²) in [6.45, 7) is 10.1. The number of amides is 2. The van der Waals surface area contributed by atoms with Gasteiger partial charge in [-0.15, -0.1) is 19.7 Å². The molecule has 1 saturated heterocycles. The summed E-state index contributed by atoms with van der Waals surface area (Å²) >= 11 is 0. The average Bonchev–Trinajstić information content (AvgIpc) is 2.98.